The van der Waals surface area contributed by atoms with E-state index >= 15 is 0 Å². The molecule has 3 aromatic rings. The predicted octanol–water partition coefficient (Wildman–Crippen LogP) is 4.62. The monoisotopic (exact) mass is 339 g/mol. The predicted molar refractivity (Wildman–Crippen MR) is 93.0 cm³/mol. The summed E-state index contributed by atoms with van der Waals surface area (Å²) < 4.78 is 5.79. The van der Waals surface area contributed by atoms with Crippen LogP contribution in [0.4, 0.5) is 5.69 Å². The first kappa shape index (κ1) is 16.7. The first-order chi connectivity index (χ1) is 12.0. The van der Waals surface area contributed by atoms with Crippen molar-refractivity contribution >= 4 is 22.4 Å². The molecule has 0 amide bonds. The highest BCUT2D eigenvalue weighted by Gasteiger charge is 2.25. The Labute approximate surface area is 143 Å². The highest BCUT2D eigenvalue weighted by Crippen LogP contribution is 2.33. The van der Waals surface area contributed by atoms with E-state index in [1.807, 2.05) is 6.92 Å². The number of phenolic OH excluding ortho intramolecular Hbond substituents is 1. The van der Waals surface area contributed by atoms with Gasteiger partial charge in [-0.3, -0.25) is 14.9 Å². The second kappa shape index (κ2) is 6.76. The molecule has 1 heterocycles. The highest BCUT2D eigenvalue weighted by molar-refractivity contribution is 6.18. The molecule has 3 rings (SSSR count). The van der Waals surface area contributed by atoms with E-state index in [1.54, 1.807) is 12.1 Å². The van der Waals surface area contributed by atoms with Crippen LogP contribution >= 0.6 is 0 Å². The van der Waals surface area contributed by atoms with Crippen molar-refractivity contribution in [3.05, 3.63) is 69.5 Å². The van der Waals surface area contributed by atoms with Gasteiger partial charge in [-0.25, -0.2) is 0 Å². The zero-order valence-electron chi connectivity index (χ0n) is 13.7. The number of nitro groups is 1. The van der Waals surface area contributed by atoms with Gasteiger partial charge in [0.05, 0.1) is 16.1 Å². The number of aryl methyl sites for hydroxylation is 1. The third-order valence-corrected chi connectivity index (χ3v) is 4.09. The minimum Gasteiger partial charge on any atom is -0.507 e. The van der Waals surface area contributed by atoms with Crippen molar-refractivity contribution in [3.8, 4) is 5.75 Å². The van der Waals surface area contributed by atoms with Crippen LogP contribution in [0.15, 0.2) is 46.9 Å². The average molecular weight is 339 g/mol. The molecule has 0 fully saturated rings. The normalized spacial score (nSPS) is 10.9. The number of carbonyl (C=O) groups excluding carboxylic acids is 1. The number of benzene rings is 2. The van der Waals surface area contributed by atoms with Crippen LogP contribution in [0, 0.1) is 10.1 Å². The van der Waals surface area contributed by atoms with Crippen LogP contribution in [0.1, 0.15) is 41.4 Å². The SMILES string of the molecule is CCCCc1oc2ccc([N+](=O)[O-])cc2c1C(=O)c1ccccc1O. The molecular weight excluding hydrogens is 322 g/mol. The van der Waals surface area contributed by atoms with Gasteiger partial charge in [-0.1, -0.05) is 25.5 Å². The van der Waals surface area contributed by atoms with Crippen molar-refractivity contribution in [2.75, 3.05) is 0 Å². The summed E-state index contributed by atoms with van der Waals surface area (Å²) in [5.41, 5.74) is 0.750. The fraction of sp³-hybridized carbons (Fsp3) is 0.211. The molecule has 0 spiro atoms. The number of non-ortho nitro benzene ring substituents is 1. The lowest BCUT2D eigenvalue weighted by Crippen LogP contribution is -2.04. The largest absolute Gasteiger partial charge is 0.507 e. The zero-order valence-corrected chi connectivity index (χ0v) is 13.7. The Bertz CT molecular complexity index is 958. The van der Waals surface area contributed by atoms with Crippen LogP contribution in [0.25, 0.3) is 11.0 Å². The molecule has 2 aromatic carbocycles. The highest BCUT2D eigenvalue weighted by atomic mass is 16.6. The summed E-state index contributed by atoms with van der Waals surface area (Å²) in [6.45, 7) is 2.03. The molecule has 0 saturated carbocycles. The van der Waals surface area contributed by atoms with Gasteiger partial charge in [0, 0.05) is 23.9 Å². The lowest BCUT2D eigenvalue weighted by molar-refractivity contribution is -0.384. The molecule has 25 heavy (non-hydrogen) atoms. The maximum Gasteiger partial charge on any atom is 0.270 e. The smallest absolute Gasteiger partial charge is 0.270 e. The molecular formula is C19H17NO5. The number of carbonyl (C=O) groups is 1. The number of rotatable bonds is 6. The van der Waals surface area contributed by atoms with E-state index in [9.17, 15) is 20.0 Å². The van der Waals surface area contributed by atoms with E-state index in [-0.39, 0.29) is 22.6 Å². The summed E-state index contributed by atoms with van der Waals surface area (Å²) in [7, 11) is 0. The molecule has 0 atom stereocenters. The summed E-state index contributed by atoms with van der Waals surface area (Å²) in [5.74, 6) is -0.0391. The summed E-state index contributed by atoms with van der Waals surface area (Å²) in [6.07, 6.45) is 2.29. The fourth-order valence-electron chi connectivity index (χ4n) is 2.81. The molecule has 6 heteroatoms. The second-order valence-electron chi connectivity index (χ2n) is 5.79. The number of unbranched alkanes of at least 4 members (excludes halogenated alkanes) is 1. The van der Waals surface area contributed by atoms with Crippen LogP contribution in [0.3, 0.4) is 0 Å². The number of nitro benzene ring substituents is 1. The fourth-order valence-corrected chi connectivity index (χ4v) is 2.81. The van der Waals surface area contributed by atoms with Gasteiger partial charge in [0.2, 0.25) is 5.78 Å². The average Bonchev–Trinajstić information content (AvgIpc) is 2.97. The van der Waals surface area contributed by atoms with E-state index in [1.165, 1.54) is 30.3 Å². The second-order valence-corrected chi connectivity index (χ2v) is 5.79. The minimum absolute atomic E-state index is 0.110. The standard InChI is InChI=1S/C19H17NO5/c1-2-3-8-17-18(19(22)13-6-4-5-7-15(13)21)14-11-12(20(23)24)9-10-16(14)25-17/h4-7,9-11,21H,2-3,8H2,1H3. The molecule has 0 unspecified atom stereocenters. The Morgan fingerprint density at radius 1 is 1.24 bits per heavy atom. The number of fused-ring (bicyclic) bond motifs is 1. The molecule has 0 aliphatic carbocycles. The summed E-state index contributed by atoms with van der Waals surface area (Å²) >= 11 is 0. The Morgan fingerprint density at radius 2 is 2.00 bits per heavy atom. The van der Waals surface area contributed by atoms with Crippen LogP contribution in [-0.4, -0.2) is 15.8 Å². The summed E-state index contributed by atoms with van der Waals surface area (Å²) in [5, 5.41) is 21.5. The maximum atomic E-state index is 13.0. The number of ketones is 1. The van der Waals surface area contributed by atoms with E-state index in [0.717, 1.165) is 12.8 Å². The van der Waals surface area contributed by atoms with E-state index in [0.29, 0.717) is 23.2 Å². The molecule has 0 saturated heterocycles. The van der Waals surface area contributed by atoms with E-state index in [4.69, 9.17) is 4.42 Å². The van der Waals surface area contributed by atoms with Crippen LogP contribution in [0.5, 0.6) is 5.75 Å². The van der Waals surface area contributed by atoms with Gasteiger partial charge in [-0.05, 0) is 24.6 Å². The van der Waals surface area contributed by atoms with E-state index < -0.39 is 10.7 Å². The lowest BCUT2D eigenvalue weighted by atomic mass is 9.97. The number of nitrogens with zero attached hydrogens (tertiary/aromatic N) is 1. The van der Waals surface area contributed by atoms with Gasteiger partial charge in [-0.2, -0.15) is 0 Å². The quantitative estimate of drug-likeness (QED) is 0.402. The Hall–Kier alpha value is -3.15. The van der Waals surface area contributed by atoms with Crippen LogP contribution in [0.2, 0.25) is 0 Å². The summed E-state index contributed by atoms with van der Waals surface area (Å²) in [4.78, 5) is 23.6. The molecule has 0 aliphatic heterocycles. The first-order valence-corrected chi connectivity index (χ1v) is 8.05. The van der Waals surface area contributed by atoms with Crippen molar-refractivity contribution in [2.45, 2.75) is 26.2 Å². The number of aromatic hydroxyl groups is 1. The Morgan fingerprint density at radius 3 is 2.68 bits per heavy atom. The van der Waals surface area contributed by atoms with Gasteiger partial charge in [0.1, 0.15) is 17.1 Å². The Kier molecular flexibility index (Phi) is 4.52. The minimum atomic E-state index is -0.508. The van der Waals surface area contributed by atoms with Crippen molar-refractivity contribution in [3.63, 3.8) is 0 Å². The number of hydrogen-bond acceptors (Lipinski definition) is 5. The molecule has 0 radical (unpaired) electrons. The van der Waals surface area contributed by atoms with Crippen molar-refractivity contribution in [1.29, 1.82) is 0 Å². The van der Waals surface area contributed by atoms with Crippen LogP contribution < -0.4 is 0 Å². The molecule has 1 aromatic heterocycles. The third-order valence-electron chi connectivity index (χ3n) is 4.09. The number of para-hydroxylation sites is 1. The van der Waals surface area contributed by atoms with Gasteiger partial charge in [0.25, 0.3) is 5.69 Å². The van der Waals surface area contributed by atoms with Crippen LogP contribution in [-0.2, 0) is 6.42 Å². The molecule has 0 aliphatic rings. The van der Waals surface area contributed by atoms with Gasteiger partial charge in [-0.15, -0.1) is 0 Å². The van der Waals surface area contributed by atoms with Gasteiger partial charge < -0.3 is 9.52 Å². The van der Waals surface area contributed by atoms with Crippen molar-refractivity contribution < 1.29 is 19.2 Å². The van der Waals surface area contributed by atoms with E-state index in [2.05, 4.69) is 0 Å². The Balaban J connectivity index is 2.21. The lowest BCUT2D eigenvalue weighted by Gasteiger charge is -2.05. The van der Waals surface area contributed by atoms with Crippen molar-refractivity contribution in [2.24, 2.45) is 0 Å². The zero-order chi connectivity index (χ0) is 18.0. The topological polar surface area (TPSA) is 93.6 Å². The number of phenols is 1. The van der Waals surface area contributed by atoms with Gasteiger partial charge in [0.15, 0.2) is 0 Å². The molecule has 6 nitrogen and oxygen atoms in total. The molecule has 1 N–H and O–H groups in total. The molecule has 0 bridgehead atoms. The third kappa shape index (κ3) is 3.10. The van der Waals surface area contributed by atoms with Crippen molar-refractivity contribution in [1.82, 2.24) is 0 Å². The van der Waals surface area contributed by atoms with Gasteiger partial charge >= 0.3 is 0 Å². The maximum absolute atomic E-state index is 13.0. The number of hydrogen-bond donors (Lipinski definition) is 1. The first-order valence-electron chi connectivity index (χ1n) is 8.05. The number of furan rings is 1. The summed E-state index contributed by atoms with van der Waals surface area (Å²) in [6, 6.07) is 10.4. The molecule has 128 valence electrons.